The summed E-state index contributed by atoms with van der Waals surface area (Å²) in [6, 6.07) is 24.5. The first kappa shape index (κ1) is 18.6. The quantitative estimate of drug-likeness (QED) is 0.648. The van der Waals surface area contributed by atoms with E-state index in [1.807, 2.05) is 85.7 Å². The largest absolute Gasteiger partial charge is 0.488 e. The summed E-state index contributed by atoms with van der Waals surface area (Å²) < 4.78 is 5.98. The van der Waals surface area contributed by atoms with Crippen LogP contribution < -0.4 is 14.5 Å². The summed E-state index contributed by atoms with van der Waals surface area (Å²) in [6.45, 7) is 0.359. The normalized spacial score (nSPS) is 15.0. The van der Waals surface area contributed by atoms with Crippen molar-refractivity contribution in [2.45, 2.75) is 12.6 Å². The van der Waals surface area contributed by atoms with Gasteiger partial charge in [-0.05, 0) is 29.8 Å². The highest BCUT2D eigenvalue weighted by Gasteiger charge is 2.40. The van der Waals surface area contributed by atoms with Crippen LogP contribution in [0.1, 0.15) is 27.5 Å². The first-order valence-electron chi connectivity index (χ1n) is 9.40. The van der Waals surface area contributed by atoms with Crippen LogP contribution in [0, 0.1) is 11.3 Å². The summed E-state index contributed by atoms with van der Waals surface area (Å²) in [4.78, 5) is 16.9. The van der Waals surface area contributed by atoms with Crippen molar-refractivity contribution < 1.29 is 9.53 Å². The predicted molar refractivity (Wildman–Crippen MR) is 113 cm³/mol. The molecule has 0 radical (unpaired) electrons. The highest BCUT2D eigenvalue weighted by atomic mass is 16.5. The first-order valence-corrected chi connectivity index (χ1v) is 9.40. The number of rotatable bonds is 5. The van der Waals surface area contributed by atoms with Crippen molar-refractivity contribution in [2.24, 2.45) is 0 Å². The lowest BCUT2D eigenvalue weighted by molar-refractivity contribution is 0.0990. The number of nitriles is 1. The van der Waals surface area contributed by atoms with Crippen LogP contribution in [0.2, 0.25) is 0 Å². The third kappa shape index (κ3) is 3.41. The molecule has 0 spiro atoms. The van der Waals surface area contributed by atoms with E-state index < -0.39 is 6.04 Å². The van der Waals surface area contributed by atoms with Gasteiger partial charge in [-0.3, -0.25) is 9.69 Å². The van der Waals surface area contributed by atoms with E-state index in [1.54, 1.807) is 11.0 Å². The number of amides is 1. The Morgan fingerprint density at radius 1 is 1.03 bits per heavy atom. The molecule has 1 heterocycles. The molecule has 0 aliphatic carbocycles. The zero-order valence-corrected chi connectivity index (χ0v) is 16.4. The van der Waals surface area contributed by atoms with Crippen LogP contribution in [0.25, 0.3) is 0 Å². The third-order valence-corrected chi connectivity index (χ3v) is 5.03. The molecule has 0 bridgehead atoms. The molecule has 0 saturated heterocycles. The van der Waals surface area contributed by atoms with E-state index in [-0.39, 0.29) is 5.91 Å². The predicted octanol–water partition coefficient (Wildman–Crippen LogP) is 4.56. The van der Waals surface area contributed by atoms with Crippen LogP contribution in [0.15, 0.2) is 72.8 Å². The highest BCUT2D eigenvalue weighted by molar-refractivity contribution is 6.13. The summed E-state index contributed by atoms with van der Waals surface area (Å²) in [5, 5.41) is 9.84. The fourth-order valence-electron chi connectivity index (χ4n) is 3.55. The number of fused-ring (bicyclic) bond motifs is 1. The van der Waals surface area contributed by atoms with E-state index in [4.69, 9.17) is 4.74 Å². The molecule has 4 rings (SSSR count). The minimum absolute atomic E-state index is 0.217. The van der Waals surface area contributed by atoms with Gasteiger partial charge in [0.1, 0.15) is 12.4 Å². The van der Waals surface area contributed by atoms with Crippen LogP contribution in [-0.4, -0.2) is 20.0 Å². The topological polar surface area (TPSA) is 56.6 Å². The van der Waals surface area contributed by atoms with Gasteiger partial charge in [-0.1, -0.05) is 48.5 Å². The summed E-state index contributed by atoms with van der Waals surface area (Å²) in [5.74, 6) is 0.286. The zero-order chi connectivity index (χ0) is 20.4. The maximum atomic E-state index is 13.4. The van der Waals surface area contributed by atoms with Crippen molar-refractivity contribution in [3.63, 3.8) is 0 Å². The Hall–Kier alpha value is -3.78. The second-order valence-corrected chi connectivity index (χ2v) is 7.12. The molecule has 1 amide bonds. The van der Waals surface area contributed by atoms with Crippen LogP contribution in [0.4, 0.5) is 11.4 Å². The molecule has 0 aromatic heterocycles. The van der Waals surface area contributed by atoms with E-state index in [0.717, 1.165) is 11.3 Å². The van der Waals surface area contributed by atoms with Crippen molar-refractivity contribution in [3.05, 3.63) is 89.5 Å². The average Bonchev–Trinajstić information content (AvgIpc) is 3.05. The SMILES string of the molecule is CN(C)c1cccc(N2C(=O)c3c(OCc4ccccc4)cccc3C2C#N)c1. The van der Waals surface area contributed by atoms with Gasteiger partial charge >= 0.3 is 0 Å². The van der Waals surface area contributed by atoms with E-state index >= 15 is 0 Å². The monoisotopic (exact) mass is 383 g/mol. The van der Waals surface area contributed by atoms with Crippen molar-refractivity contribution in [1.82, 2.24) is 0 Å². The number of hydrogen-bond acceptors (Lipinski definition) is 4. The standard InChI is InChI=1S/C24H21N3O2/c1-26(2)18-10-6-11-19(14-18)27-21(15-25)20-12-7-13-22(23(20)24(27)28)29-16-17-8-4-3-5-9-17/h3-14,21H,16H2,1-2H3. The molecule has 3 aromatic carbocycles. The number of carbonyl (C=O) groups excluding carboxylic acids is 1. The molecule has 5 nitrogen and oxygen atoms in total. The van der Waals surface area contributed by atoms with Gasteiger partial charge in [-0.15, -0.1) is 0 Å². The average molecular weight is 383 g/mol. The van der Waals surface area contributed by atoms with Crippen molar-refractivity contribution in [2.75, 3.05) is 23.9 Å². The fourth-order valence-corrected chi connectivity index (χ4v) is 3.55. The Balaban J connectivity index is 1.70. The Morgan fingerprint density at radius 2 is 1.79 bits per heavy atom. The van der Waals surface area contributed by atoms with Gasteiger partial charge in [-0.2, -0.15) is 5.26 Å². The molecule has 1 atom stereocenters. The molecular formula is C24H21N3O2. The third-order valence-electron chi connectivity index (χ3n) is 5.03. The van der Waals surface area contributed by atoms with Gasteiger partial charge in [0.25, 0.3) is 5.91 Å². The maximum absolute atomic E-state index is 13.4. The summed E-state index contributed by atoms with van der Waals surface area (Å²) >= 11 is 0. The van der Waals surface area contributed by atoms with Crippen molar-refractivity contribution >= 4 is 17.3 Å². The van der Waals surface area contributed by atoms with E-state index in [0.29, 0.717) is 29.2 Å². The van der Waals surface area contributed by atoms with Gasteiger partial charge in [0, 0.05) is 31.0 Å². The molecule has 5 heteroatoms. The molecule has 0 saturated carbocycles. The number of hydrogen-bond donors (Lipinski definition) is 0. The van der Waals surface area contributed by atoms with Gasteiger partial charge in [0.05, 0.1) is 11.6 Å². The number of anilines is 2. The lowest BCUT2D eigenvalue weighted by Gasteiger charge is -2.22. The lowest BCUT2D eigenvalue weighted by atomic mass is 10.0. The van der Waals surface area contributed by atoms with E-state index in [9.17, 15) is 10.1 Å². The summed E-state index contributed by atoms with van der Waals surface area (Å²) in [5.41, 5.74) is 3.81. The van der Waals surface area contributed by atoms with Crippen LogP contribution in [0.5, 0.6) is 5.75 Å². The van der Waals surface area contributed by atoms with Crippen molar-refractivity contribution in [1.29, 1.82) is 5.26 Å². The number of ether oxygens (including phenoxy) is 1. The smallest absolute Gasteiger partial charge is 0.263 e. The molecule has 29 heavy (non-hydrogen) atoms. The Bertz CT molecular complexity index is 1090. The van der Waals surface area contributed by atoms with Gasteiger partial charge in [0.2, 0.25) is 0 Å². The van der Waals surface area contributed by atoms with Gasteiger partial charge in [0.15, 0.2) is 6.04 Å². The zero-order valence-electron chi connectivity index (χ0n) is 16.4. The minimum Gasteiger partial charge on any atom is -0.488 e. The lowest BCUT2D eigenvalue weighted by Crippen LogP contribution is -2.27. The second-order valence-electron chi connectivity index (χ2n) is 7.12. The molecule has 144 valence electrons. The molecule has 0 fully saturated rings. The molecular weight excluding hydrogens is 362 g/mol. The minimum atomic E-state index is -0.685. The summed E-state index contributed by atoms with van der Waals surface area (Å²) in [6.07, 6.45) is 0. The van der Waals surface area contributed by atoms with Crippen LogP contribution >= 0.6 is 0 Å². The van der Waals surface area contributed by atoms with Crippen molar-refractivity contribution in [3.8, 4) is 11.8 Å². The number of nitrogens with zero attached hydrogens (tertiary/aromatic N) is 3. The number of carbonyl (C=O) groups is 1. The maximum Gasteiger partial charge on any atom is 0.263 e. The van der Waals surface area contributed by atoms with Gasteiger partial charge in [-0.25, -0.2) is 0 Å². The Kier molecular flexibility index (Phi) is 4.92. The highest BCUT2D eigenvalue weighted by Crippen LogP contribution is 2.41. The van der Waals surface area contributed by atoms with E-state index in [1.165, 1.54) is 0 Å². The molecule has 0 N–H and O–H groups in total. The van der Waals surface area contributed by atoms with Crippen LogP contribution in [-0.2, 0) is 6.61 Å². The molecule has 3 aromatic rings. The Morgan fingerprint density at radius 3 is 2.52 bits per heavy atom. The van der Waals surface area contributed by atoms with E-state index in [2.05, 4.69) is 6.07 Å². The summed E-state index contributed by atoms with van der Waals surface area (Å²) in [7, 11) is 3.88. The molecule has 1 unspecified atom stereocenters. The Labute approximate surface area is 170 Å². The second kappa shape index (κ2) is 7.69. The molecule has 1 aliphatic heterocycles. The van der Waals surface area contributed by atoms with Crippen LogP contribution in [0.3, 0.4) is 0 Å². The fraction of sp³-hybridized carbons (Fsp3) is 0.167. The molecule has 1 aliphatic rings. The number of benzene rings is 3. The van der Waals surface area contributed by atoms with Gasteiger partial charge < -0.3 is 9.64 Å². The first-order chi connectivity index (χ1) is 14.1.